The minimum absolute atomic E-state index is 0. The summed E-state index contributed by atoms with van der Waals surface area (Å²) in [5.41, 5.74) is 8.79. The van der Waals surface area contributed by atoms with Gasteiger partial charge in [0.1, 0.15) is 23.9 Å². The maximum absolute atomic E-state index is 13.6. The Morgan fingerprint density at radius 2 is 1.89 bits per heavy atom. The minimum atomic E-state index is -0.443. The molecule has 2 rings (SSSR count). The van der Waals surface area contributed by atoms with Crippen LogP contribution in [0.25, 0.3) is 0 Å². The van der Waals surface area contributed by atoms with E-state index in [2.05, 4.69) is 5.43 Å². The van der Waals surface area contributed by atoms with Gasteiger partial charge < -0.3 is 15.2 Å². The zero-order valence-corrected chi connectivity index (χ0v) is 20.1. The molecule has 28 heavy (non-hydrogen) atoms. The Bertz CT molecular complexity index is 833. The molecular weight excluding hydrogens is 559 g/mol. The van der Waals surface area contributed by atoms with Gasteiger partial charge >= 0.3 is 0 Å². The summed E-state index contributed by atoms with van der Waals surface area (Å²) in [6, 6.07) is 9.16. The van der Waals surface area contributed by atoms with Gasteiger partial charge in [-0.2, -0.15) is 0 Å². The van der Waals surface area contributed by atoms with Gasteiger partial charge in [0.25, 0.3) is 5.17 Å². The summed E-state index contributed by atoms with van der Waals surface area (Å²) in [5.74, 6) is 5.99. The van der Waals surface area contributed by atoms with Crippen LogP contribution in [0.2, 0.25) is 5.02 Å². The number of rotatable bonds is 6. The van der Waals surface area contributed by atoms with Gasteiger partial charge in [-0.15, -0.1) is 34.0 Å². The molecule has 0 spiro atoms. The van der Waals surface area contributed by atoms with Crippen LogP contribution >= 0.6 is 69.5 Å². The second kappa shape index (κ2) is 13.2. The van der Waals surface area contributed by atoms with Crippen LogP contribution in [0.5, 0.6) is 11.5 Å². The predicted molar refractivity (Wildman–Crippen MR) is 126 cm³/mol. The lowest BCUT2D eigenvalue weighted by Gasteiger charge is -2.15. The molecule has 0 saturated carbocycles. The summed E-state index contributed by atoms with van der Waals surface area (Å²) in [4.78, 5) is 0. The van der Waals surface area contributed by atoms with Gasteiger partial charge in [-0.3, -0.25) is 10.8 Å². The number of nitrogens with one attached hydrogen (secondary N) is 2. The smallest absolute Gasteiger partial charge is 0.271 e. The number of hydrazine groups is 1. The van der Waals surface area contributed by atoms with E-state index in [1.54, 1.807) is 18.2 Å². The molecule has 6 N–H and O–H groups in total. The predicted octanol–water partition coefficient (Wildman–Crippen LogP) is 4.82. The van der Waals surface area contributed by atoms with Crippen LogP contribution in [0.4, 0.5) is 4.39 Å². The summed E-state index contributed by atoms with van der Waals surface area (Å²) >= 11 is 12.0. The lowest BCUT2D eigenvalue weighted by Crippen LogP contribution is -2.30. The van der Waals surface area contributed by atoms with Gasteiger partial charge in [0.2, 0.25) is 0 Å². The molecule has 0 fully saturated rings. The largest absolute Gasteiger partial charge is 0.465 e. The zero-order valence-electron chi connectivity index (χ0n) is 14.2. The normalized spacial score (nSPS) is 9.54. The number of benzene rings is 2. The molecule has 0 saturated heterocycles. The molecule has 2 aromatic rings. The molecule has 0 bridgehead atoms. The quantitative estimate of drug-likeness (QED) is 0.128. The topological polar surface area (TPSA) is 106 Å². The van der Waals surface area contributed by atoms with Gasteiger partial charge in [0.15, 0.2) is 5.17 Å². The lowest BCUT2D eigenvalue weighted by atomic mass is 10.2. The maximum Gasteiger partial charge on any atom is 0.271 e. The summed E-state index contributed by atoms with van der Waals surface area (Å²) in [6.07, 6.45) is 0. The van der Waals surface area contributed by atoms with E-state index in [4.69, 9.17) is 50.3 Å². The van der Waals surface area contributed by atoms with E-state index in [9.17, 15) is 4.39 Å². The van der Waals surface area contributed by atoms with Crippen molar-refractivity contribution in [2.75, 3.05) is 0 Å². The molecule has 154 valence electrons. The van der Waals surface area contributed by atoms with E-state index < -0.39 is 5.82 Å². The molecule has 0 atom stereocenters. The first-order valence-corrected chi connectivity index (χ1v) is 9.01. The van der Waals surface area contributed by atoms with Crippen LogP contribution in [0.15, 0.2) is 36.4 Å². The third-order valence-corrected chi connectivity index (χ3v) is 4.37. The Labute approximate surface area is 197 Å². The Kier molecular flexibility index (Phi) is 12.7. The number of nitrogens with two attached hydrogens (primary N) is 2. The zero-order chi connectivity index (χ0) is 19.1. The number of thiocarbonyl (C=S) groups is 1. The van der Waals surface area contributed by atoms with Crippen molar-refractivity contribution >= 4 is 79.9 Å². The Hall–Kier alpha value is -1.11. The van der Waals surface area contributed by atoms with Crippen molar-refractivity contribution < 1.29 is 13.9 Å². The third kappa shape index (κ3) is 8.50. The molecule has 0 radical (unpaired) electrons. The molecule has 0 aromatic heterocycles. The van der Waals surface area contributed by atoms with Crippen molar-refractivity contribution in [2.24, 2.45) is 11.6 Å². The molecule has 6 nitrogen and oxygen atoms in total. The molecule has 0 heterocycles. The molecule has 0 aliphatic heterocycles. The summed E-state index contributed by atoms with van der Waals surface area (Å²) in [6.45, 7) is -0.0335. The van der Waals surface area contributed by atoms with Crippen molar-refractivity contribution in [1.29, 1.82) is 5.41 Å². The van der Waals surface area contributed by atoms with Crippen LogP contribution in [0, 0.1) is 11.2 Å². The number of hydrogen-bond donors (Lipinski definition) is 4. The van der Waals surface area contributed by atoms with Gasteiger partial charge in [-0.1, -0.05) is 29.4 Å². The Balaban J connectivity index is 0.00000364. The van der Waals surface area contributed by atoms with Crippen molar-refractivity contribution in [3.05, 3.63) is 58.4 Å². The van der Waals surface area contributed by atoms with Gasteiger partial charge in [-0.25, -0.2) is 10.2 Å². The monoisotopic (exact) mass is 574 g/mol. The van der Waals surface area contributed by atoms with Crippen LogP contribution < -0.4 is 21.7 Å². The third-order valence-electron chi connectivity index (χ3n) is 3.13. The highest BCUT2D eigenvalue weighted by Crippen LogP contribution is 2.33. The van der Waals surface area contributed by atoms with E-state index >= 15 is 0 Å². The van der Waals surface area contributed by atoms with Crippen LogP contribution in [0.1, 0.15) is 11.1 Å². The minimum Gasteiger partial charge on any atom is -0.465 e. The number of ether oxygens (including phenoxy) is 2. The highest BCUT2D eigenvalue weighted by Gasteiger charge is 2.12. The number of thioether (sulfide) groups is 1. The van der Waals surface area contributed by atoms with Gasteiger partial charge in [0.05, 0.1) is 0 Å². The summed E-state index contributed by atoms with van der Waals surface area (Å²) in [7, 11) is 0. The molecule has 0 amide bonds. The first-order chi connectivity index (χ1) is 12.4. The van der Waals surface area contributed by atoms with E-state index in [0.29, 0.717) is 27.8 Å². The van der Waals surface area contributed by atoms with Crippen LogP contribution in [0.3, 0.4) is 0 Å². The van der Waals surface area contributed by atoms with Crippen LogP contribution in [-0.2, 0) is 17.1 Å². The SMILES string of the molecule is Br.Br.N=C(N)SCc1ccc(Cl)cc1Oc1ccc(F)cc1COC(=S)NN. The summed E-state index contributed by atoms with van der Waals surface area (Å²) in [5, 5.41) is 7.78. The molecule has 2 aromatic carbocycles. The van der Waals surface area contributed by atoms with Gasteiger partial charge in [-0.05, 0) is 42.5 Å². The van der Waals surface area contributed by atoms with Gasteiger partial charge in [0, 0.05) is 21.9 Å². The molecule has 0 aliphatic carbocycles. The van der Waals surface area contributed by atoms with E-state index in [1.807, 2.05) is 0 Å². The Morgan fingerprint density at radius 1 is 1.18 bits per heavy atom. The molecule has 0 aliphatic rings. The fourth-order valence-electron chi connectivity index (χ4n) is 1.96. The molecule has 0 unspecified atom stereocenters. The first kappa shape index (κ1) is 26.9. The second-order valence-electron chi connectivity index (χ2n) is 4.98. The number of hydrogen-bond acceptors (Lipinski definition) is 6. The lowest BCUT2D eigenvalue weighted by molar-refractivity contribution is 0.281. The molecule has 12 heteroatoms. The first-order valence-electron chi connectivity index (χ1n) is 7.24. The van der Waals surface area contributed by atoms with E-state index in [-0.39, 0.29) is 50.9 Å². The number of amidine groups is 1. The van der Waals surface area contributed by atoms with Crippen molar-refractivity contribution in [2.45, 2.75) is 12.4 Å². The Morgan fingerprint density at radius 3 is 2.54 bits per heavy atom. The van der Waals surface area contributed by atoms with Crippen molar-refractivity contribution in [3.8, 4) is 11.5 Å². The average molecular weight is 577 g/mol. The fourth-order valence-corrected chi connectivity index (χ4v) is 2.73. The van der Waals surface area contributed by atoms with Crippen molar-refractivity contribution in [3.63, 3.8) is 0 Å². The van der Waals surface area contributed by atoms with Crippen molar-refractivity contribution in [1.82, 2.24) is 5.43 Å². The fraction of sp³-hybridized carbons (Fsp3) is 0.125. The average Bonchev–Trinajstić information content (AvgIpc) is 2.60. The summed E-state index contributed by atoms with van der Waals surface area (Å²) < 4.78 is 24.7. The van der Waals surface area contributed by atoms with E-state index in [0.717, 1.165) is 17.3 Å². The highest BCUT2D eigenvalue weighted by molar-refractivity contribution is 8.93. The van der Waals surface area contributed by atoms with Crippen LogP contribution in [-0.4, -0.2) is 10.3 Å². The standard InChI is InChI=1S/C16H16ClFN4O2S2.2BrH/c17-11-2-1-9(8-26-15(19)20)14(6-11)24-13-4-3-12(18)5-10(13)7-23-16(25)22-21;;/h1-6H,7-8,21H2,(H3,19,20)(H,22,25);2*1H. The molecular formula is C16H18Br2ClFN4O2S2. The van der Waals surface area contributed by atoms with E-state index in [1.165, 1.54) is 18.2 Å². The number of halogens is 4. The second-order valence-corrected chi connectivity index (χ2v) is 6.80. The maximum atomic E-state index is 13.6. The highest BCUT2D eigenvalue weighted by atomic mass is 79.9.